The summed E-state index contributed by atoms with van der Waals surface area (Å²) in [6.07, 6.45) is 7.76. The van der Waals surface area contributed by atoms with Gasteiger partial charge in [0.15, 0.2) is 0 Å². The molecule has 0 aromatic carbocycles. The molecule has 3 heteroatoms. The second kappa shape index (κ2) is 11.5. The molecule has 3 nitrogen and oxygen atoms in total. The Bertz CT molecular complexity index is 189. The van der Waals surface area contributed by atoms with Gasteiger partial charge in [-0.1, -0.05) is 26.3 Å². The largest absolute Gasteiger partial charge is 0.483 e. The number of carbonyl (C=O) groups is 1. The zero-order valence-electron chi connectivity index (χ0n) is 9.85. The lowest BCUT2D eigenvalue weighted by Crippen LogP contribution is -2.48. The summed E-state index contributed by atoms with van der Waals surface area (Å²) in [4.78, 5) is 8.36. The quantitative estimate of drug-likeness (QED) is 0.390. The fourth-order valence-electron chi connectivity index (χ4n) is 1.54. The van der Waals surface area contributed by atoms with Crippen LogP contribution < -0.4 is 0 Å². The van der Waals surface area contributed by atoms with Gasteiger partial charge in [0.05, 0.1) is 26.2 Å². The molecule has 0 rings (SSSR count). The van der Waals surface area contributed by atoms with Crippen molar-refractivity contribution in [2.75, 3.05) is 26.2 Å². The van der Waals surface area contributed by atoms with Crippen LogP contribution in [0.1, 0.15) is 0 Å². The van der Waals surface area contributed by atoms with Gasteiger partial charge in [-0.25, -0.2) is 0 Å². The number of nitrogens with zero attached hydrogens (tertiary/aromatic N) is 1. The molecule has 0 unspecified atom stereocenters. The van der Waals surface area contributed by atoms with Gasteiger partial charge in [-0.3, -0.25) is 4.79 Å². The molecule has 0 aliphatic carbocycles. The minimum absolute atomic E-state index is 0.250. The van der Waals surface area contributed by atoms with Crippen molar-refractivity contribution < 1.29 is 14.4 Å². The minimum atomic E-state index is -0.250. The molecular formula is C13H22NO2+. The Morgan fingerprint density at radius 2 is 1.00 bits per heavy atom. The van der Waals surface area contributed by atoms with Gasteiger partial charge in [0.2, 0.25) is 0 Å². The maximum absolute atomic E-state index is 8.36. The fourth-order valence-corrected chi connectivity index (χ4v) is 1.54. The van der Waals surface area contributed by atoms with E-state index in [2.05, 4.69) is 26.3 Å². The zero-order chi connectivity index (χ0) is 12.9. The Kier molecular flexibility index (Phi) is 12.0. The number of quaternary nitrogens is 1. The van der Waals surface area contributed by atoms with Gasteiger partial charge in [0.1, 0.15) is 0 Å². The molecule has 0 radical (unpaired) electrons. The average molecular weight is 224 g/mol. The topological polar surface area (TPSA) is 37.3 Å². The standard InChI is InChI=1S/C12H20N.CH2O2/c1-5-9-13(10-6-2,11-7-3)12-8-4;2-1-3/h5-8H,1-4,9-12H2;1H,(H,2,3)/q+1;. The van der Waals surface area contributed by atoms with Crippen LogP contribution in [0.2, 0.25) is 0 Å². The van der Waals surface area contributed by atoms with Crippen LogP contribution in [0.4, 0.5) is 0 Å². The molecule has 0 saturated heterocycles. The van der Waals surface area contributed by atoms with Gasteiger partial charge in [-0.15, -0.1) is 0 Å². The smallest absolute Gasteiger partial charge is 0.290 e. The van der Waals surface area contributed by atoms with Crippen molar-refractivity contribution in [3.05, 3.63) is 50.6 Å². The summed E-state index contributed by atoms with van der Waals surface area (Å²) in [6, 6.07) is 0. The summed E-state index contributed by atoms with van der Waals surface area (Å²) in [5.41, 5.74) is 0. The number of hydrogen-bond donors (Lipinski definition) is 1. The molecule has 16 heavy (non-hydrogen) atoms. The first-order chi connectivity index (χ1) is 7.66. The molecule has 0 fully saturated rings. The number of rotatable bonds is 8. The molecule has 0 atom stereocenters. The van der Waals surface area contributed by atoms with E-state index in [1.165, 1.54) is 0 Å². The number of carboxylic acid groups (broad SMARTS) is 1. The van der Waals surface area contributed by atoms with Crippen LogP contribution in [0.3, 0.4) is 0 Å². The normalized spacial score (nSPS) is 9.25. The van der Waals surface area contributed by atoms with Gasteiger partial charge in [0.25, 0.3) is 6.47 Å². The number of hydrogen-bond acceptors (Lipinski definition) is 1. The van der Waals surface area contributed by atoms with E-state index in [0.29, 0.717) is 0 Å². The maximum atomic E-state index is 8.36. The Labute approximate surface area is 98.3 Å². The van der Waals surface area contributed by atoms with E-state index < -0.39 is 0 Å². The van der Waals surface area contributed by atoms with E-state index in [0.717, 1.165) is 30.7 Å². The Morgan fingerprint density at radius 3 is 1.12 bits per heavy atom. The van der Waals surface area contributed by atoms with Crippen LogP contribution in [-0.2, 0) is 4.79 Å². The average Bonchev–Trinajstić information content (AvgIpc) is 2.20. The van der Waals surface area contributed by atoms with E-state index in [1.54, 1.807) is 0 Å². The molecule has 0 aliphatic heterocycles. The Morgan fingerprint density at radius 1 is 0.812 bits per heavy atom. The van der Waals surface area contributed by atoms with Gasteiger partial charge in [-0.05, 0) is 24.3 Å². The van der Waals surface area contributed by atoms with Crippen LogP contribution in [0.5, 0.6) is 0 Å². The first-order valence-corrected chi connectivity index (χ1v) is 5.02. The van der Waals surface area contributed by atoms with Gasteiger partial charge in [0, 0.05) is 0 Å². The molecule has 0 saturated carbocycles. The molecule has 0 spiro atoms. The Hall–Kier alpha value is -1.61. The van der Waals surface area contributed by atoms with Crippen molar-refractivity contribution in [3.63, 3.8) is 0 Å². The van der Waals surface area contributed by atoms with Crippen LogP contribution in [-0.4, -0.2) is 42.2 Å². The predicted octanol–water partition coefficient (Wildman–Crippen LogP) is 2.25. The summed E-state index contributed by atoms with van der Waals surface area (Å²) < 4.78 is 0.903. The summed E-state index contributed by atoms with van der Waals surface area (Å²) in [5.74, 6) is 0. The van der Waals surface area contributed by atoms with Gasteiger partial charge >= 0.3 is 0 Å². The van der Waals surface area contributed by atoms with E-state index in [4.69, 9.17) is 9.90 Å². The van der Waals surface area contributed by atoms with E-state index in [9.17, 15) is 0 Å². The molecule has 0 aliphatic rings. The summed E-state index contributed by atoms with van der Waals surface area (Å²) in [5, 5.41) is 6.89. The summed E-state index contributed by atoms with van der Waals surface area (Å²) in [7, 11) is 0. The summed E-state index contributed by atoms with van der Waals surface area (Å²) >= 11 is 0. The predicted molar refractivity (Wildman–Crippen MR) is 69.2 cm³/mol. The molecule has 1 N–H and O–H groups in total. The maximum Gasteiger partial charge on any atom is 0.290 e. The van der Waals surface area contributed by atoms with E-state index in [-0.39, 0.29) is 6.47 Å². The second-order valence-electron chi connectivity index (χ2n) is 3.33. The fraction of sp³-hybridized carbons (Fsp3) is 0.308. The van der Waals surface area contributed by atoms with E-state index >= 15 is 0 Å². The lowest BCUT2D eigenvalue weighted by molar-refractivity contribution is -0.906. The third-order valence-corrected chi connectivity index (χ3v) is 2.07. The zero-order valence-corrected chi connectivity index (χ0v) is 9.85. The van der Waals surface area contributed by atoms with Gasteiger partial charge in [-0.2, -0.15) is 0 Å². The van der Waals surface area contributed by atoms with Crippen LogP contribution in [0, 0.1) is 0 Å². The highest BCUT2D eigenvalue weighted by Gasteiger charge is 2.20. The van der Waals surface area contributed by atoms with Crippen molar-refractivity contribution in [2.45, 2.75) is 0 Å². The highest BCUT2D eigenvalue weighted by atomic mass is 16.3. The van der Waals surface area contributed by atoms with Crippen LogP contribution >= 0.6 is 0 Å². The molecular weight excluding hydrogens is 202 g/mol. The van der Waals surface area contributed by atoms with Crippen LogP contribution in [0.25, 0.3) is 0 Å². The molecule has 0 amide bonds. The van der Waals surface area contributed by atoms with Crippen molar-refractivity contribution in [3.8, 4) is 0 Å². The third-order valence-electron chi connectivity index (χ3n) is 2.07. The second-order valence-corrected chi connectivity index (χ2v) is 3.33. The molecule has 0 bridgehead atoms. The Balaban J connectivity index is 0. The first-order valence-electron chi connectivity index (χ1n) is 5.02. The molecule has 0 aromatic heterocycles. The third kappa shape index (κ3) is 7.76. The minimum Gasteiger partial charge on any atom is -0.483 e. The summed E-state index contributed by atoms with van der Waals surface area (Å²) in [6.45, 7) is 18.6. The lowest BCUT2D eigenvalue weighted by Gasteiger charge is -2.35. The van der Waals surface area contributed by atoms with Crippen molar-refractivity contribution in [2.24, 2.45) is 0 Å². The van der Waals surface area contributed by atoms with Crippen molar-refractivity contribution >= 4 is 6.47 Å². The van der Waals surface area contributed by atoms with Crippen molar-refractivity contribution in [1.29, 1.82) is 0 Å². The monoisotopic (exact) mass is 224 g/mol. The van der Waals surface area contributed by atoms with E-state index in [1.807, 2.05) is 24.3 Å². The highest BCUT2D eigenvalue weighted by Crippen LogP contribution is 2.07. The first kappa shape index (κ1) is 16.8. The van der Waals surface area contributed by atoms with Crippen molar-refractivity contribution in [1.82, 2.24) is 0 Å². The molecule has 0 aromatic rings. The van der Waals surface area contributed by atoms with Crippen LogP contribution in [0.15, 0.2) is 50.6 Å². The highest BCUT2D eigenvalue weighted by molar-refractivity contribution is 5.32. The SMILES string of the molecule is C=CC[N+](CC=C)(CC=C)CC=C.O=CO. The molecule has 90 valence electrons. The lowest BCUT2D eigenvalue weighted by atomic mass is 10.3. The molecule has 0 heterocycles. The van der Waals surface area contributed by atoms with Gasteiger partial charge < -0.3 is 9.59 Å².